The first kappa shape index (κ1) is 20.0. The molecule has 1 saturated heterocycles. The lowest BCUT2D eigenvalue weighted by atomic mass is 9.76. The van der Waals surface area contributed by atoms with E-state index >= 15 is 0 Å². The van der Waals surface area contributed by atoms with Gasteiger partial charge in [-0.05, 0) is 66.4 Å². The highest BCUT2D eigenvalue weighted by Crippen LogP contribution is 2.39. The van der Waals surface area contributed by atoms with Gasteiger partial charge in [0, 0.05) is 17.9 Å². The van der Waals surface area contributed by atoms with Crippen molar-refractivity contribution in [1.29, 1.82) is 0 Å². The summed E-state index contributed by atoms with van der Waals surface area (Å²) in [5.41, 5.74) is 0.643. The molecule has 2 aliphatic rings. The molecule has 0 aromatic carbocycles. The Morgan fingerprint density at radius 3 is 2.22 bits per heavy atom. The summed E-state index contributed by atoms with van der Waals surface area (Å²) < 4.78 is 17.3. The van der Waals surface area contributed by atoms with Crippen molar-refractivity contribution in [1.82, 2.24) is 9.97 Å². The molecule has 27 heavy (non-hydrogen) atoms. The smallest absolute Gasteiger partial charge is 0.466 e. The van der Waals surface area contributed by atoms with Gasteiger partial charge < -0.3 is 14.0 Å². The number of carbonyl (C=O) groups excluding carboxylic acids is 1. The molecule has 6 nitrogen and oxygen atoms in total. The Bertz CT molecular complexity index is 729. The third kappa shape index (κ3) is 3.80. The molecule has 0 bridgehead atoms. The van der Waals surface area contributed by atoms with E-state index in [1.165, 1.54) is 0 Å². The fourth-order valence-corrected chi connectivity index (χ4v) is 3.26. The summed E-state index contributed by atoms with van der Waals surface area (Å²) in [6.45, 7) is 12.3. The molecule has 0 saturated carbocycles. The van der Waals surface area contributed by atoms with Crippen molar-refractivity contribution in [3.8, 4) is 0 Å². The second kappa shape index (κ2) is 7.02. The zero-order chi connectivity index (χ0) is 19.9. The van der Waals surface area contributed by atoms with E-state index in [1.807, 2.05) is 41.5 Å². The molecule has 1 atom stereocenters. The summed E-state index contributed by atoms with van der Waals surface area (Å²) in [6, 6.07) is 0. The number of esters is 1. The Labute approximate surface area is 161 Å². The molecular weight excluding hydrogens is 343 g/mol. The topological polar surface area (TPSA) is 70.5 Å². The average molecular weight is 372 g/mol. The molecule has 1 aromatic rings. The lowest BCUT2D eigenvalue weighted by Gasteiger charge is -2.32. The minimum atomic E-state index is -0.462. The van der Waals surface area contributed by atoms with Gasteiger partial charge in [-0.25, -0.2) is 9.97 Å². The van der Waals surface area contributed by atoms with E-state index in [2.05, 4.69) is 16.0 Å². The maximum atomic E-state index is 12.1. The van der Waals surface area contributed by atoms with Crippen LogP contribution in [0.5, 0.6) is 0 Å². The third-order valence-electron chi connectivity index (χ3n) is 6.00. The zero-order valence-electron chi connectivity index (χ0n) is 17.2. The molecule has 0 spiro atoms. The van der Waals surface area contributed by atoms with Crippen molar-refractivity contribution in [2.24, 2.45) is 5.41 Å². The van der Waals surface area contributed by atoms with Gasteiger partial charge in [0.25, 0.3) is 0 Å². The van der Waals surface area contributed by atoms with Crippen LogP contribution < -0.4 is 5.46 Å². The van der Waals surface area contributed by atoms with Gasteiger partial charge in [-0.3, -0.25) is 4.79 Å². The molecule has 1 aromatic heterocycles. The van der Waals surface area contributed by atoms with Crippen molar-refractivity contribution in [3.05, 3.63) is 24.3 Å². The van der Waals surface area contributed by atoms with Crippen molar-refractivity contribution in [3.63, 3.8) is 0 Å². The van der Waals surface area contributed by atoms with Gasteiger partial charge >= 0.3 is 13.1 Å². The van der Waals surface area contributed by atoms with E-state index in [1.54, 1.807) is 12.4 Å². The van der Waals surface area contributed by atoms with Crippen LogP contribution in [0.4, 0.5) is 0 Å². The number of allylic oxidation sites excluding steroid dienone is 2. The van der Waals surface area contributed by atoms with Crippen LogP contribution in [-0.2, 0) is 18.8 Å². The van der Waals surface area contributed by atoms with E-state index in [0.717, 1.165) is 23.9 Å². The van der Waals surface area contributed by atoms with Gasteiger partial charge in [0.1, 0.15) is 0 Å². The van der Waals surface area contributed by atoms with Gasteiger partial charge in [0.2, 0.25) is 0 Å². The van der Waals surface area contributed by atoms with Crippen molar-refractivity contribution >= 4 is 24.1 Å². The van der Waals surface area contributed by atoms with Gasteiger partial charge in [-0.2, -0.15) is 0 Å². The van der Waals surface area contributed by atoms with Gasteiger partial charge in [-0.15, -0.1) is 0 Å². The summed E-state index contributed by atoms with van der Waals surface area (Å²) in [7, 11) is -0.462. The summed E-state index contributed by atoms with van der Waals surface area (Å²) in [6.07, 6.45) is 7.73. The SMILES string of the molecule is CCOC(=O)C1(C)CC=C(c2ncc(B3OC(C)(C)C(C)(C)O3)cn2)CC1. The third-order valence-corrected chi connectivity index (χ3v) is 6.00. The van der Waals surface area contributed by atoms with Gasteiger partial charge in [0.05, 0.1) is 23.2 Å². The Morgan fingerprint density at radius 2 is 1.74 bits per heavy atom. The second-order valence-corrected chi connectivity index (χ2v) is 8.64. The summed E-state index contributed by atoms with van der Waals surface area (Å²) in [5, 5.41) is 0. The largest absolute Gasteiger partial charge is 0.498 e. The standard InChI is InChI=1S/C20H29BN2O4/c1-7-25-17(24)20(6)10-8-14(9-11-20)16-22-12-15(13-23-16)21-26-18(2,3)19(4,5)27-21/h8,12-13H,7,9-11H2,1-6H3. The van der Waals surface area contributed by atoms with Crippen LogP contribution in [0.1, 0.15) is 66.6 Å². The minimum absolute atomic E-state index is 0.127. The molecule has 1 aliphatic carbocycles. The maximum Gasteiger partial charge on any atom is 0.498 e. The van der Waals surface area contributed by atoms with Crippen LogP contribution in [0.2, 0.25) is 0 Å². The number of aromatic nitrogens is 2. The quantitative estimate of drug-likeness (QED) is 0.598. The molecule has 7 heteroatoms. The Hall–Kier alpha value is -1.73. The molecule has 0 N–H and O–H groups in total. The van der Waals surface area contributed by atoms with E-state index in [4.69, 9.17) is 14.0 Å². The molecule has 0 radical (unpaired) electrons. The fraction of sp³-hybridized carbons (Fsp3) is 0.650. The molecule has 146 valence electrons. The Balaban J connectivity index is 1.70. The van der Waals surface area contributed by atoms with Gasteiger partial charge in [0.15, 0.2) is 5.82 Å². The minimum Gasteiger partial charge on any atom is -0.466 e. The number of rotatable bonds is 4. The van der Waals surface area contributed by atoms with E-state index in [-0.39, 0.29) is 17.2 Å². The lowest BCUT2D eigenvalue weighted by molar-refractivity contribution is -0.154. The number of hydrogen-bond acceptors (Lipinski definition) is 6. The maximum absolute atomic E-state index is 12.1. The number of carbonyl (C=O) groups is 1. The first-order valence-corrected chi connectivity index (χ1v) is 9.62. The van der Waals surface area contributed by atoms with E-state index in [0.29, 0.717) is 18.9 Å². The zero-order valence-corrected chi connectivity index (χ0v) is 17.2. The van der Waals surface area contributed by atoms with Gasteiger partial charge in [-0.1, -0.05) is 6.08 Å². The molecule has 1 unspecified atom stereocenters. The normalized spacial score (nSPS) is 26.6. The average Bonchev–Trinajstić information content (AvgIpc) is 2.84. The Morgan fingerprint density at radius 1 is 1.15 bits per heavy atom. The first-order valence-electron chi connectivity index (χ1n) is 9.62. The highest BCUT2D eigenvalue weighted by Gasteiger charge is 2.52. The molecular formula is C20H29BN2O4. The van der Waals surface area contributed by atoms with Crippen LogP contribution in [0.15, 0.2) is 18.5 Å². The van der Waals surface area contributed by atoms with Crippen LogP contribution in [0.3, 0.4) is 0 Å². The predicted molar refractivity (Wildman–Crippen MR) is 104 cm³/mol. The molecule has 3 rings (SSSR count). The van der Waals surface area contributed by atoms with E-state index < -0.39 is 12.5 Å². The number of hydrogen-bond donors (Lipinski definition) is 0. The lowest BCUT2D eigenvalue weighted by Crippen LogP contribution is -2.41. The van der Waals surface area contributed by atoms with Crippen LogP contribution in [0, 0.1) is 5.41 Å². The van der Waals surface area contributed by atoms with Crippen molar-refractivity contribution in [2.45, 2.75) is 72.0 Å². The second-order valence-electron chi connectivity index (χ2n) is 8.64. The van der Waals surface area contributed by atoms with E-state index in [9.17, 15) is 4.79 Å². The van der Waals surface area contributed by atoms with Crippen LogP contribution in [0.25, 0.3) is 5.57 Å². The summed E-state index contributed by atoms with van der Waals surface area (Å²) in [4.78, 5) is 21.2. The highest BCUT2D eigenvalue weighted by molar-refractivity contribution is 6.61. The molecule has 1 aliphatic heterocycles. The van der Waals surface area contributed by atoms with Crippen molar-refractivity contribution < 1.29 is 18.8 Å². The molecule has 1 fully saturated rings. The molecule has 2 heterocycles. The summed E-state index contributed by atoms with van der Waals surface area (Å²) in [5.74, 6) is 0.568. The first-order chi connectivity index (χ1) is 12.6. The fourth-order valence-electron chi connectivity index (χ4n) is 3.26. The highest BCUT2D eigenvalue weighted by atomic mass is 16.7. The van der Waals surface area contributed by atoms with Crippen LogP contribution >= 0.6 is 0 Å². The number of ether oxygens (including phenoxy) is 1. The summed E-state index contributed by atoms with van der Waals surface area (Å²) >= 11 is 0. The van der Waals surface area contributed by atoms with Crippen molar-refractivity contribution in [2.75, 3.05) is 6.61 Å². The predicted octanol–water partition coefficient (Wildman–Crippen LogP) is 2.91. The monoisotopic (exact) mass is 372 g/mol. The number of nitrogens with zero attached hydrogens (tertiary/aromatic N) is 2. The Kier molecular flexibility index (Phi) is 5.21. The van der Waals surface area contributed by atoms with Crippen LogP contribution in [-0.4, -0.2) is 40.9 Å². The molecule has 0 amide bonds.